The van der Waals surface area contributed by atoms with Crippen molar-refractivity contribution < 1.29 is 13.2 Å². The van der Waals surface area contributed by atoms with Crippen molar-refractivity contribution in [1.82, 2.24) is 4.72 Å². The van der Waals surface area contributed by atoms with Gasteiger partial charge >= 0.3 is 0 Å². The Bertz CT molecular complexity index is 223. The van der Waals surface area contributed by atoms with Gasteiger partial charge in [-0.1, -0.05) is 0 Å². The minimum absolute atomic E-state index is 0.0228. The van der Waals surface area contributed by atoms with E-state index in [0.29, 0.717) is 13.2 Å². The van der Waals surface area contributed by atoms with Crippen LogP contribution in [-0.2, 0) is 14.8 Å². The Morgan fingerprint density at radius 3 is 2.83 bits per heavy atom. The first kappa shape index (κ1) is 10.2. The highest BCUT2D eigenvalue weighted by Gasteiger charge is 2.21. The van der Waals surface area contributed by atoms with Crippen LogP contribution in [0.15, 0.2) is 0 Å². The molecule has 0 saturated carbocycles. The molecular weight excluding hydrogens is 202 g/mol. The largest absolute Gasteiger partial charge is 0.380 e. The van der Waals surface area contributed by atoms with Crippen LogP contribution in [0.25, 0.3) is 0 Å². The predicted octanol–water partition coefficient (Wildman–Crippen LogP) is -0.0665. The predicted molar refractivity (Wildman–Crippen MR) is 46.9 cm³/mol. The molecule has 0 aliphatic carbocycles. The van der Waals surface area contributed by atoms with Crippen molar-refractivity contribution in [2.24, 2.45) is 0 Å². The average Bonchev–Trinajstić information content (AvgIpc) is 2.38. The van der Waals surface area contributed by atoms with Crippen molar-refractivity contribution in [1.29, 1.82) is 0 Å². The summed E-state index contributed by atoms with van der Waals surface area (Å²) in [5, 5.41) is 0. The fraction of sp³-hybridized carbons (Fsp3) is 1.00. The van der Waals surface area contributed by atoms with E-state index in [-0.39, 0.29) is 17.7 Å². The van der Waals surface area contributed by atoms with Crippen LogP contribution in [0.1, 0.15) is 6.42 Å². The second kappa shape index (κ2) is 4.41. The zero-order valence-corrected chi connectivity index (χ0v) is 8.20. The molecule has 1 N–H and O–H groups in total. The molecule has 0 spiro atoms. The first-order valence-electron chi connectivity index (χ1n) is 3.78. The third kappa shape index (κ3) is 3.26. The van der Waals surface area contributed by atoms with Gasteiger partial charge < -0.3 is 4.74 Å². The molecule has 0 aromatic heterocycles. The number of rotatable bonds is 4. The Kier molecular flexibility index (Phi) is 3.77. The highest BCUT2D eigenvalue weighted by Crippen LogP contribution is 2.04. The first-order valence-corrected chi connectivity index (χ1v) is 5.96. The van der Waals surface area contributed by atoms with Crippen LogP contribution in [0.5, 0.6) is 0 Å². The number of nitrogens with one attached hydrogen (secondary N) is 1. The molecule has 0 amide bonds. The van der Waals surface area contributed by atoms with Crippen LogP contribution in [-0.4, -0.2) is 39.3 Å². The molecule has 12 heavy (non-hydrogen) atoms. The zero-order valence-electron chi connectivity index (χ0n) is 6.62. The van der Waals surface area contributed by atoms with E-state index in [1.165, 1.54) is 0 Å². The summed E-state index contributed by atoms with van der Waals surface area (Å²) in [5.41, 5.74) is 0. The lowest BCUT2D eigenvalue weighted by Gasteiger charge is -2.09. The normalized spacial score (nSPS) is 24.6. The highest BCUT2D eigenvalue weighted by molar-refractivity contribution is 7.89. The summed E-state index contributed by atoms with van der Waals surface area (Å²) in [7, 11) is -3.18. The molecule has 0 aromatic rings. The van der Waals surface area contributed by atoms with Crippen molar-refractivity contribution in [3.8, 4) is 0 Å². The average molecular weight is 214 g/mol. The maximum Gasteiger partial charge on any atom is 0.213 e. The smallest absolute Gasteiger partial charge is 0.213 e. The van der Waals surface area contributed by atoms with Crippen molar-refractivity contribution in [2.45, 2.75) is 12.5 Å². The molecule has 0 aromatic carbocycles. The number of hydrogen-bond acceptors (Lipinski definition) is 3. The molecule has 0 radical (unpaired) electrons. The molecule has 1 atom stereocenters. The van der Waals surface area contributed by atoms with Crippen molar-refractivity contribution in [2.75, 3.05) is 24.8 Å². The number of ether oxygens (including phenoxy) is 1. The fourth-order valence-corrected chi connectivity index (χ4v) is 2.67. The van der Waals surface area contributed by atoms with E-state index in [9.17, 15) is 8.42 Å². The van der Waals surface area contributed by atoms with Gasteiger partial charge in [0.2, 0.25) is 10.0 Å². The van der Waals surface area contributed by atoms with Gasteiger partial charge in [0.25, 0.3) is 0 Å². The van der Waals surface area contributed by atoms with Gasteiger partial charge in [-0.05, 0) is 6.42 Å². The minimum Gasteiger partial charge on any atom is -0.380 e. The molecule has 1 unspecified atom stereocenters. The van der Waals surface area contributed by atoms with Crippen LogP contribution in [0.2, 0.25) is 0 Å². The summed E-state index contributed by atoms with van der Waals surface area (Å²) in [4.78, 5) is 0. The summed E-state index contributed by atoms with van der Waals surface area (Å²) in [6, 6.07) is -0.0572. The van der Waals surface area contributed by atoms with Crippen molar-refractivity contribution in [3.63, 3.8) is 0 Å². The maximum atomic E-state index is 11.1. The van der Waals surface area contributed by atoms with Gasteiger partial charge in [0, 0.05) is 18.5 Å². The molecule has 1 aliphatic heterocycles. The number of alkyl halides is 1. The highest BCUT2D eigenvalue weighted by atomic mass is 35.5. The van der Waals surface area contributed by atoms with Crippen LogP contribution in [0.4, 0.5) is 0 Å². The molecule has 1 saturated heterocycles. The van der Waals surface area contributed by atoms with Gasteiger partial charge in [0.15, 0.2) is 0 Å². The molecule has 1 heterocycles. The second-order valence-electron chi connectivity index (χ2n) is 2.69. The Morgan fingerprint density at radius 2 is 2.33 bits per heavy atom. The zero-order chi connectivity index (χ0) is 9.03. The lowest BCUT2D eigenvalue weighted by atomic mass is 10.3. The lowest BCUT2D eigenvalue weighted by molar-refractivity contribution is 0.192. The van der Waals surface area contributed by atoms with Crippen LogP contribution < -0.4 is 4.72 Å². The summed E-state index contributed by atoms with van der Waals surface area (Å²) in [6.07, 6.45) is 0.752. The third-order valence-corrected chi connectivity index (χ3v) is 3.47. The molecule has 1 rings (SSSR count). The van der Waals surface area contributed by atoms with Crippen LogP contribution >= 0.6 is 11.6 Å². The monoisotopic (exact) mass is 213 g/mol. The third-order valence-electron chi connectivity index (χ3n) is 1.62. The summed E-state index contributed by atoms with van der Waals surface area (Å²) < 4.78 is 29.8. The number of sulfonamides is 1. The first-order chi connectivity index (χ1) is 5.64. The van der Waals surface area contributed by atoms with E-state index in [1.54, 1.807) is 0 Å². The number of halogens is 1. The molecule has 72 valence electrons. The van der Waals surface area contributed by atoms with Gasteiger partial charge in [0.05, 0.1) is 12.4 Å². The van der Waals surface area contributed by atoms with E-state index in [2.05, 4.69) is 4.72 Å². The fourth-order valence-electron chi connectivity index (χ4n) is 1.04. The van der Waals surface area contributed by atoms with Crippen molar-refractivity contribution >= 4 is 21.6 Å². The molecule has 4 nitrogen and oxygen atoms in total. The number of hydrogen-bond donors (Lipinski definition) is 1. The molecular formula is C6H12ClNO3S. The van der Waals surface area contributed by atoms with E-state index in [1.807, 2.05) is 0 Å². The molecule has 6 heteroatoms. The quantitative estimate of drug-likeness (QED) is 0.666. The second-order valence-corrected chi connectivity index (χ2v) is 4.94. The summed E-state index contributed by atoms with van der Waals surface area (Å²) >= 11 is 5.32. The summed E-state index contributed by atoms with van der Waals surface area (Å²) in [5.74, 6) is 0.105. The van der Waals surface area contributed by atoms with Gasteiger partial charge in [-0.25, -0.2) is 13.1 Å². The molecule has 1 aliphatic rings. The van der Waals surface area contributed by atoms with Gasteiger partial charge in [-0.3, -0.25) is 0 Å². The van der Waals surface area contributed by atoms with Gasteiger partial charge in [0.1, 0.15) is 0 Å². The lowest BCUT2D eigenvalue weighted by Crippen LogP contribution is -2.36. The standard InChI is InChI=1S/C6H12ClNO3S/c7-2-4-12(9,10)8-6-1-3-11-5-6/h6,8H,1-5H2. The van der Waals surface area contributed by atoms with E-state index in [4.69, 9.17) is 16.3 Å². The van der Waals surface area contributed by atoms with Gasteiger partial charge in [-0.15, -0.1) is 11.6 Å². The molecule has 1 fully saturated rings. The molecule has 0 bridgehead atoms. The van der Waals surface area contributed by atoms with Crippen LogP contribution in [0.3, 0.4) is 0 Å². The Hall–Kier alpha value is 0.160. The Balaban J connectivity index is 2.38. The maximum absolute atomic E-state index is 11.1. The SMILES string of the molecule is O=S(=O)(CCCl)NC1CCOC1. The van der Waals surface area contributed by atoms with Gasteiger partial charge in [-0.2, -0.15) is 0 Å². The minimum atomic E-state index is -3.18. The summed E-state index contributed by atoms with van der Waals surface area (Å²) in [6.45, 7) is 1.11. The van der Waals surface area contributed by atoms with E-state index >= 15 is 0 Å². The Labute approximate surface area is 77.3 Å². The topological polar surface area (TPSA) is 55.4 Å². The van der Waals surface area contributed by atoms with Crippen molar-refractivity contribution in [3.05, 3.63) is 0 Å². The Morgan fingerprint density at radius 1 is 1.58 bits per heavy atom. The van der Waals surface area contributed by atoms with E-state index in [0.717, 1.165) is 6.42 Å². The van der Waals surface area contributed by atoms with Crippen LogP contribution in [0, 0.1) is 0 Å². The van der Waals surface area contributed by atoms with E-state index < -0.39 is 10.0 Å².